The van der Waals surface area contributed by atoms with Crippen molar-refractivity contribution in [3.05, 3.63) is 33.6 Å². The van der Waals surface area contributed by atoms with Gasteiger partial charge in [-0.2, -0.15) is 0 Å². The molecule has 1 aromatic rings. The van der Waals surface area contributed by atoms with Crippen LogP contribution in [0.3, 0.4) is 0 Å². The summed E-state index contributed by atoms with van der Waals surface area (Å²) < 4.78 is 18.1. The number of methoxy groups -OCH3 is 1. The molecule has 0 aliphatic rings. The zero-order valence-electron chi connectivity index (χ0n) is 9.39. The number of carbonyl (C=O) groups is 1. The first-order valence-electron chi connectivity index (χ1n) is 4.90. The van der Waals surface area contributed by atoms with Crippen LogP contribution in [0.2, 0.25) is 10.0 Å². The second-order valence-corrected chi connectivity index (χ2v) is 4.39. The Hall–Kier alpha value is -0.840. The molecule has 1 amide bonds. The van der Waals surface area contributed by atoms with E-state index in [1.807, 2.05) is 0 Å². The first-order chi connectivity index (χ1) is 7.95. The summed E-state index contributed by atoms with van der Waals surface area (Å²) in [5, 5.41) is 2.62. The van der Waals surface area contributed by atoms with Gasteiger partial charge in [-0.1, -0.05) is 23.2 Å². The molecule has 6 heteroatoms. The molecule has 0 radical (unpaired) electrons. The van der Waals surface area contributed by atoms with Gasteiger partial charge < -0.3 is 10.1 Å². The van der Waals surface area contributed by atoms with Gasteiger partial charge in [-0.3, -0.25) is 4.79 Å². The highest BCUT2D eigenvalue weighted by molar-refractivity contribution is 6.36. The van der Waals surface area contributed by atoms with E-state index in [0.29, 0.717) is 6.61 Å². The summed E-state index contributed by atoms with van der Waals surface area (Å²) in [6.45, 7) is 2.13. The third-order valence-corrected chi connectivity index (χ3v) is 2.65. The van der Waals surface area contributed by atoms with Crippen molar-refractivity contribution in [2.75, 3.05) is 13.7 Å². The SMILES string of the molecule is COCC(C)NC(=O)c1cc(F)c(Cl)cc1Cl. The third-order valence-electron chi connectivity index (χ3n) is 2.05. The minimum Gasteiger partial charge on any atom is -0.383 e. The van der Waals surface area contributed by atoms with Crippen molar-refractivity contribution in [3.8, 4) is 0 Å². The van der Waals surface area contributed by atoms with Crippen molar-refractivity contribution in [2.24, 2.45) is 0 Å². The molecule has 0 heterocycles. The number of ether oxygens (including phenoxy) is 1. The summed E-state index contributed by atoms with van der Waals surface area (Å²) in [5.41, 5.74) is 0.0523. The number of nitrogens with one attached hydrogen (secondary N) is 1. The molecule has 1 unspecified atom stereocenters. The lowest BCUT2D eigenvalue weighted by molar-refractivity contribution is 0.0905. The van der Waals surface area contributed by atoms with Crippen LogP contribution in [0.15, 0.2) is 12.1 Å². The molecule has 0 saturated heterocycles. The van der Waals surface area contributed by atoms with Crippen LogP contribution in [-0.4, -0.2) is 25.7 Å². The van der Waals surface area contributed by atoms with Crippen molar-refractivity contribution in [1.29, 1.82) is 0 Å². The van der Waals surface area contributed by atoms with Crippen molar-refractivity contribution >= 4 is 29.1 Å². The molecular weight excluding hydrogens is 268 g/mol. The lowest BCUT2D eigenvalue weighted by Crippen LogP contribution is -2.35. The van der Waals surface area contributed by atoms with Gasteiger partial charge in [-0.15, -0.1) is 0 Å². The maximum absolute atomic E-state index is 13.2. The second-order valence-electron chi connectivity index (χ2n) is 3.58. The topological polar surface area (TPSA) is 38.3 Å². The van der Waals surface area contributed by atoms with Crippen LogP contribution < -0.4 is 5.32 Å². The van der Waals surface area contributed by atoms with Crippen molar-refractivity contribution in [3.63, 3.8) is 0 Å². The number of hydrogen-bond acceptors (Lipinski definition) is 2. The fraction of sp³-hybridized carbons (Fsp3) is 0.364. The molecule has 0 aliphatic carbocycles. The largest absolute Gasteiger partial charge is 0.383 e. The number of rotatable bonds is 4. The van der Waals surface area contributed by atoms with Gasteiger partial charge in [0.2, 0.25) is 0 Å². The molecule has 0 aliphatic heterocycles. The number of benzene rings is 1. The average molecular weight is 280 g/mol. The van der Waals surface area contributed by atoms with Crippen LogP contribution in [0.4, 0.5) is 4.39 Å². The summed E-state index contributed by atoms with van der Waals surface area (Å²) in [5.74, 6) is -1.14. The quantitative estimate of drug-likeness (QED) is 0.861. The van der Waals surface area contributed by atoms with E-state index in [4.69, 9.17) is 27.9 Å². The van der Waals surface area contributed by atoms with Crippen LogP contribution in [-0.2, 0) is 4.74 Å². The zero-order valence-corrected chi connectivity index (χ0v) is 10.9. The molecule has 17 heavy (non-hydrogen) atoms. The summed E-state index contributed by atoms with van der Waals surface area (Å²) in [4.78, 5) is 11.8. The van der Waals surface area contributed by atoms with Gasteiger partial charge in [0.25, 0.3) is 5.91 Å². The summed E-state index contributed by atoms with van der Waals surface area (Å²) in [7, 11) is 1.53. The standard InChI is InChI=1S/C11H12Cl2FNO2/c1-6(5-17-2)15-11(16)7-3-10(14)9(13)4-8(7)12/h3-4,6H,5H2,1-2H3,(H,15,16). The van der Waals surface area contributed by atoms with Gasteiger partial charge in [-0.25, -0.2) is 4.39 Å². The van der Waals surface area contributed by atoms with Crippen LogP contribution in [0.25, 0.3) is 0 Å². The molecule has 0 fully saturated rings. The Labute approximate surface area is 109 Å². The number of halogens is 3. The molecule has 1 N–H and O–H groups in total. The fourth-order valence-corrected chi connectivity index (χ4v) is 1.76. The normalized spacial score (nSPS) is 12.3. The molecule has 0 saturated carbocycles. The Balaban J connectivity index is 2.86. The Morgan fingerprint density at radius 2 is 2.12 bits per heavy atom. The van der Waals surface area contributed by atoms with Gasteiger partial charge in [0.05, 0.1) is 22.2 Å². The third kappa shape index (κ3) is 3.84. The van der Waals surface area contributed by atoms with E-state index < -0.39 is 11.7 Å². The van der Waals surface area contributed by atoms with Crippen LogP contribution in [0.5, 0.6) is 0 Å². The second kappa shape index (κ2) is 6.19. The lowest BCUT2D eigenvalue weighted by atomic mass is 10.2. The Morgan fingerprint density at radius 1 is 1.47 bits per heavy atom. The lowest BCUT2D eigenvalue weighted by Gasteiger charge is -2.13. The number of amides is 1. The van der Waals surface area contributed by atoms with Gasteiger partial charge in [0.15, 0.2) is 0 Å². The van der Waals surface area contributed by atoms with Crippen molar-refractivity contribution in [1.82, 2.24) is 5.32 Å². The zero-order chi connectivity index (χ0) is 13.0. The first kappa shape index (κ1) is 14.2. The Morgan fingerprint density at radius 3 is 2.71 bits per heavy atom. The van der Waals surface area contributed by atoms with E-state index in [1.165, 1.54) is 13.2 Å². The highest BCUT2D eigenvalue weighted by atomic mass is 35.5. The predicted molar refractivity (Wildman–Crippen MR) is 65.2 cm³/mol. The van der Waals surface area contributed by atoms with E-state index in [1.54, 1.807) is 6.92 Å². The van der Waals surface area contributed by atoms with E-state index in [-0.39, 0.29) is 21.7 Å². The molecule has 1 aromatic carbocycles. The highest BCUT2D eigenvalue weighted by Crippen LogP contribution is 2.24. The molecule has 0 spiro atoms. The van der Waals surface area contributed by atoms with E-state index >= 15 is 0 Å². The Kier molecular flexibility index (Phi) is 5.18. The molecule has 0 bridgehead atoms. The molecular formula is C11H12Cl2FNO2. The predicted octanol–water partition coefficient (Wildman–Crippen LogP) is 2.90. The highest BCUT2D eigenvalue weighted by Gasteiger charge is 2.15. The van der Waals surface area contributed by atoms with Gasteiger partial charge in [-0.05, 0) is 19.1 Å². The summed E-state index contributed by atoms with van der Waals surface area (Å²) >= 11 is 11.3. The van der Waals surface area contributed by atoms with Gasteiger partial charge >= 0.3 is 0 Å². The summed E-state index contributed by atoms with van der Waals surface area (Å²) in [6.07, 6.45) is 0. The first-order valence-corrected chi connectivity index (χ1v) is 5.65. The van der Waals surface area contributed by atoms with E-state index in [0.717, 1.165) is 6.07 Å². The van der Waals surface area contributed by atoms with Crippen molar-refractivity contribution in [2.45, 2.75) is 13.0 Å². The maximum Gasteiger partial charge on any atom is 0.253 e. The van der Waals surface area contributed by atoms with Crippen LogP contribution in [0, 0.1) is 5.82 Å². The minimum absolute atomic E-state index is 0.0523. The van der Waals surface area contributed by atoms with Gasteiger partial charge in [0.1, 0.15) is 5.82 Å². The molecule has 3 nitrogen and oxygen atoms in total. The van der Waals surface area contributed by atoms with Gasteiger partial charge in [0, 0.05) is 13.2 Å². The molecule has 94 valence electrons. The van der Waals surface area contributed by atoms with Crippen molar-refractivity contribution < 1.29 is 13.9 Å². The molecule has 1 rings (SSSR count). The molecule has 1 atom stereocenters. The Bertz CT molecular complexity index is 426. The number of carbonyl (C=O) groups excluding carboxylic acids is 1. The smallest absolute Gasteiger partial charge is 0.253 e. The van der Waals surface area contributed by atoms with Crippen LogP contribution in [0.1, 0.15) is 17.3 Å². The van der Waals surface area contributed by atoms with E-state index in [9.17, 15) is 9.18 Å². The maximum atomic E-state index is 13.2. The minimum atomic E-state index is -0.680. The summed E-state index contributed by atoms with van der Waals surface area (Å²) in [6, 6.07) is 2.02. The average Bonchev–Trinajstić information content (AvgIpc) is 2.23. The number of hydrogen-bond donors (Lipinski definition) is 1. The molecule has 0 aromatic heterocycles. The van der Waals surface area contributed by atoms with Crippen LogP contribution >= 0.6 is 23.2 Å². The fourth-order valence-electron chi connectivity index (χ4n) is 1.29. The van der Waals surface area contributed by atoms with E-state index in [2.05, 4.69) is 5.32 Å². The monoisotopic (exact) mass is 279 g/mol.